The first-order valence-corrected chi connectivity index (χ1v) is 13.1. The fourth-order valence-corrected chi connectivity index (χ4v) is 5.38. The molecular formula is C26H28ClN3O3S. The van der Waals surface area contributed by atoms with E-state index in [0.29, 0.717) is 12.2 Å². The number of likely N-dealkylation sites (tertiary alicyclic amines) is 1. The summed E-state index contributed by atoms with van der Waals surface area (Å²) in [5.41, 5.74) is 3.71. The van der Waals surface area contributed by atoms with Crippen LogP contribution >= 0.6 is 11.6 Å². The van der Waals surface area contributed by atoms with E-state index in [0.717, 1.165) is 30.8 Å². The fraction of sp³-hybridized carbons (Fsp3) is 0.269. The van der Waals surface area contributed by atoms with Gasteiger partial charge in [0.25, 0.3) is 15.9 Å². The molecule has 1 aliphatic heterocycles. The molecule has 4 rings (SSSR count). The Labute approximate surface area is 206 Å². The molecule has 1 aliphatic rings. The standard InChI is InChI=1S/C26H28ClN3O3S/c1-19-7-6-10-22(15-19)29-34(32,33)23-11-12-25(27)24(16-23)26(31)28-17-20-8-2-3-9-21(20)18-30-13-4-5-14-30/h2-3,6-12,15-16,29H,4-5,13-14,17-18H2,1H3,(H,28,31). The van der Waals surface area contributed by atoms with Crippen LogP contribution in [0.1, 0.15) is 39.9 Å². The van der Waals surface area contributed by atoms with Gasteiger partial charge in [0.2, 0.25) is 0 Å². The molecule has 178 valence electrons. The Morgan fingerprint density at radius 1 is 0.971 bits per heavy atom. The Hall–Kier alpha value is -2.87. The molecule has 0 aromatic heterocycles. The quantitative estimate of drug-likeness (QED) is 0.460. The summed E-state index contributed by atoms with van der Waals surface area (Å²) in [5, 5.41) is 3.09. The number of amides is 1. The predicted molar refractivity (Wildman–Crippen MR) is 136 cm³/mol. The van der Waals surface area contributed by atoms with Crippen LogP contribution in [0.25, 0.3) is 0 Å². The normalized spacial score (nSPS) is 14.2. The summed E-state index contributed by atoms with van der Waals surface area (Å²) >= 11 is 6.27. The van der Waals surface area contributed by atoms with Gasteiger partial charge in [0.15, 0.2) is 0 Å². The molecule has 0 spiro atoms. The van der Waals surface area contributed by atoms with Crippen molar-refractivity contribution in [3.05, 3.63) is 94.0 Å². The molecule has 0 radical (unpaired) electrons. The highest BCUT2D eigenvalue weighted by atomic mass is 35.5. The second kappa shape index (κ2) is 10.6. The Kier molecular flexibility index (Phi) is 7.56. The van der Waals surface area contributed by atoms with E-state index < -0.39 is 15.9 Å². The van der Waals surface area contributed by atoms with E-state index in [4.69, 9.17) is 11.6 Å². The summed E-state index contributed by atoms with van der Waals surface area (Å²) in [7, 11) is -3.88. The minimum Gasteiger partial charge on any atom is -0.348 e. The Morgan fingerprint density at radius 2 is 1.71 bits per heavy atom. The number of carbonyl (C=O) groups is 1. The van der Waals surface area contributed by atoms with E-state index in [1.807, 2.05) is 31.2 Å². The number of aryl methyl sites for hydroxylation is 1. The van der Waals surface area contributed by atoms with Gasteiger partial charge >= 0.3 is 0 Å². The highest BCUT2D eigenvalue weighted by Crippen LogP contribution is 2.23. The lowest BCUT2D eigenvalue weighted by Gasteiger charge is -2.18. The largest absolute Gasteiger partial charge is 0.348 e. The van der Waals surface area contributed by atoms with Crippen molar-refractivity contribution in [3.63, 3.8) is 0 Å². The molecule has 2 N–H and O–H groups in total. The maximum absolute atomic E-state index is 13.0. The molecule has 1 heterocycles. The molecule has 3 aromatic carbocycles. The van der Waals surface area contributed by atoms with Gasteiger partial charge in [-0.3, -0.25) is 14.4 Å². The SMILES string of the molecule is Cc1cccc(NS(=O)(=O)c2ccc(Cl)c(C(=O)NCc3ccccc3CN3CCCC3)c2)c1. The lowest BCUT2D eigenvalue weighted by atomic mass is 10.1. The van der Waals surface area contributed by atoms with E-state index in [1.54, 1.807) is 18.2 Å². The number of rotatable bonds is 8. The maximum Gasteiger partial charge on any atom is 0.261 e. The van der Waals surface area contributed by atoms with Gasteiger partial charge in [-0.25, -0.2) is 8.42 Å². The van der Waals surface area contributed by atoms with Crippen molar-refractivity contribution >= 4 is 33.2 Å². The van der Waals surface area contributed by atoms with Gasteiger partial charge < -0.3 is 5.32 Å². The zero-order chi connectivity index (χ0) is 24.1. The van der Waals surface area contributed by atoms with Crippen LogP contribution in [0.3, 0.4) is 0 Å². The van der Waals surface area contributed by atoms with Crippen LogP contribution in [0.4, 0.5) is 5.69 Å². The average molecular weight is 498 g/mol. The number of anilines is 1. The Morgan fingerprint density at radius 3 is 2.44 bits per heavy atom. The maximum atomic E-state index is 13.0. The summed E-state index contributed by atoms with van der Waals surface area (Å²) < 4.78 is 28.3. The zero-order valence-electron chi connectivity index (χ0n) is 19.1. The Balaban J connectivity index is 1.48. The van der Waals surface area contributed by atoms with Gasteiger partial charge in [0, 0.05) is 18.8 Å². The molecule has 0 aliphatic carbocycles. The molecule has 0 atom stereocenters. The Bertz CT molecular complexity index is 1290. The minimum atomic E-state index is -3.88. The second-order valence-corrected chi connectivity index (χ2v) is 10.6. The van der Waals surface area contributed by atoms with Gasteiger partial charge in [0.1, 0.15) is 0 Å². The first-order chi connectivity index (χ1) is 16.3. The van der Waals surface area contributed by atoms with Crippen molar-refractivity contribution in [1.82, 2.24) is 10.2 Å². The lowest BCUT2D eigenvalue weighted by molar-refractivity contribution is 0.0950. The van der Waals surface area contributed by atoms with Crippen LogP contribution in [0.5, 0.6) is 0 Å². The summed E-state index contributed by atoms with van der Waals surface area (Å²) in [6.45, 7) is 5.25. The lowest BCUT2D eigenvalue weighted by Crippen LogP contribution is -2.25. The first kappa shape index (κ1) is 24.3. The van der Waals surface area contributed by atoms with Gasteiger partial charge in [0.05, 0.1) is 15.5 Å². The third kappa shape index (κ3) is 5.97. The molecule has 0 saturated carbocycles. The van der Waals surface area contributed by atoms with Crippen LogP contribution in [0, 0.1) is 6.92 Å². The van der Waals surface area contributed by atoms with Crippen molar-refractivity contribution in [3.8, 4) is 0 Å². The van der Waals surface area contributed by atoms with Gasteiger partial charge in [-0.1, -0.05) is 48.0 Å². The number of halogens is 1. The average Bonchev–Trinajstić information content (AvgIpc) is 3.31. The summed E-state index contributed by atoms with van der Waals surface area (Å²) in [6, 6.07) is 19.2. The van der Waals surface area contributed by atoms with Crippen LogP contribution in [0.2, 0.25) is 5.02 Å². The van der Waals surface area contributed by atoms with Crippen LogP contribution in [-0.4, -0.2) is 32.3 Å². The highest BCUT2D eigenvalue weighted by Gasteiger charge is 2.20. The highest BCUT2D eigenvalue weighted by molar-refractivity contribution is 7.92. The van der Waals surface area contributed by atoms with Crippen LogP contribution in [0.15, 0.2) is 71.6 Å². The third-order valence-electron chi connectivity index (χ3n) is 5.91. The minimum absolute atomic E-state index is 0.0296. The van der Waals surface area contributed by atoms with Crippen LogP contribution < -0.4 is 10.0 Å². The van der Waals surface area contributed by atoms with Gasteiger partial charge in [-0.05, 0) is 79.9 Å². The first-order valence-electron chi connectivity index (χ1n) is 11.3. The van der Waals surface area contributed by atoms with E-state index in [9.17, 15) is 13.2 Å². The van der Waals surface area contributed by atoms with Crippen molar-refractivity contribution < 1.29 is 13.2 Å². The van der Waals surface area contributed by atoms with E-state index in [2.05, 4.69) is 21.0 Å². The molecule has 3 aromatic rings. The molecule has 8 heteroatoms. The number of hydrogen-bond donors (Lipinski definition) is 2. The number of hydrogen-bond acceptors (Lipinski definition) is 4. The molecule has 1 fully saturated rings. The number of nitrogens with one attached hydrogen (secondary N) is 2. The van der Waals surface area contributed by atoms with Crippen LogP contribution in [-0.2, 0) is 23.1 Å². The molecule has 6 nitrogen and oxygen atoms in total. The van der Waals surface area contributed by atoms with Gasteiger partial charge in [-0.15, -0.1) is 0 Å². The molecule has 1 saturated heterocycles. The fourth-order valence-electron chi connectivity index (χ4n) is 4.10. The number of carbonyl (C=O) groups excluding carboxylic acids is 1. The van der Waals surface area contributed by atoms with E-state index in [-0.39, 0.29) is 15.5 Å². The molecule has 34 heavy (non-hydrogen) atoms. The zero-order valence-corrected chi connectivity index (χ0v) is 20.6. The topological polar surface area (TPSA) is 78.5 Å². The molecule has 1 amide bonds. The number of benzene rings is 3. The van der Waals surface area contributed by atoms with Gasteiger partial charge in [-0.2, -0.15) is 0 Å². The number of nitrogens with zero attached hydrogens (tertiary/aromatic N) is 1. The second-order valence-electron chi connectivity index (χ2n) is 8.55. The molecular weight excluding hydrogens is 470 g/mol. The van der Waals surface area contributed by atoms with E-state index in [1.165, 1.54) is 36.6 Å². The van der Waals surface area contributed by atoms with Crippen molar-refractivity contribution in [2.45, 2.75) is 37.8 Å². The molecule has 0 unspecified atom stereocenters. The smallest absolute Gasteiger partial charge is 0.261 e. The van der Waals surface area contributed by atoms with Crippen molar-refractivity contribution in [2.24, 2.45) is 0 Å². The number of sulfonamides is 1. The summed E-state index contributed by atoms with van der Waals surface area (Å²) in [6.07, 6.45) is 2.44. The van der Waals surface area contributed by atoms with Crippen molar-refractivity contribution in [1.29, 1.82) is 0 Å². The summed E-state index contributed by atoms with van der Waals surface area (Å²) in [4.78, 5) is 15.3. The molecule has 0 bridgehead atoms. The van der Waals surface area contributed by atoms with Crippen molar-refractivity contribution in [2.75, 3.05) is 17.8 Å². The summed E-state index contributed by atoms with van der Waals surface area (Å²) in [5.74, 6) is -0.423. The predicted octanol–water partition coefficient (Wildman–Crippen LogP) is 4.98. The third-order valence-corrected chi connectivity index (χ3v) is 7.62. The van der Waals surface area contributed by atoms with E-state index >= 15 is 0 Å². The monoisotopic (exact) mass is 497 g/mol.